The van der Waals surface area contributed by atoms with Crippen molar-refractivity contribution in [2.75, 3.05) is 7.11 Å². The van der Waals surface area contributed by atoms with Gasteiger partial charge in [0, 0.05) is 10.9 Å². The van der Waals surface area contributed by atoms with Gasteiger partial charge in [-0.2, -0.15) is 13.2 Å². The van der Waals surface area contributed by atoms with Crippen molar-refractivity contribution in [3.8, 4) is 33.9 Å². The van der Waals surface area contributed by atoms with Crippen LogP contribution >= 0.6 is 0 Å². The normalized spacial score (nSPS) is 12.8. The molecule has 3 nitrogen and oxygen atoms in total. The molecule has 1 aliphatic rings. The van der Waals surface area contributed by atoms with Crippen molar-refractivity contribution in [2.45, 2.75) is 12.8 Å². The number of methoxy groups -OCH3 is 1. The van der Waals surface area contributed by atoms with Crippen LogP contribution in [-0.2, 0) is 12.8 Å². The second kappa shape index (κ2) is 6.76. The number of aromatic nitrogens is 1. The Morgan fingerprint density at radius 1 is 0.967 bits per heavy atom. The lowest BCUT2D eigenvalue weighted by Gasteiger charge is -2.25. The molecule has 2 heterocycles. The Morgan fingerprint density at radius 3 is 2.47 bits per heavy atom. The number of hydrogen-bond acceptors (Lipinski definition) is 3. The molecule has 150 valence electrons. The number of halogens is 3. The van der Waals surface area contributed by atoms with E-state index in [0.29, 0.717) is 33.9 Å². The predicted octanol–water partition coefficient (Wildman–Crippen LogP) is 6.49. The molecule has 0 bridgehead atoms. The van der Waals surface area contributed by atoms with Crippen LogP contribution in [0.5, 0.6) is 11.5 Å². The molecule has 0 amide bonds. The maximum Gasteiger partial charge on any atom is 0.416 e. The van der Waals surface area contributed by atoms with Crippen LogP contribution in [0.1, 0.15) is 11.1 Å². The lowest BCUT2D eigenvalue weighted by molar-refractivity contribution is -0.137. The van der Waals surface area contributed by atoms with Crippen LogP contribution < -0.4 is 9.47 Å². The third-order valence-electron chi connectivity index (χ3n) is 5.28. The summed E-state index contributed by atoms with van der Waals surface area (Å²) in [5.41, 5.74) is 3.46. The summed E-state index contributed by atoms with van der Waals surface area (Å²) in [6, 6.07) is 18.8. The smallest absolute Gasteiger partial charge is 0.416 e. The number of ether oxygens (including phenoxy) is 2. The minimum Gasteiger partial charge on any atom is -0.497 e. The van der Waals surface area contributed by atoms with E-state index in [-0.39, 0.29) is 6.61 Å². The number of nitrogens with zero attached hydrogens (tertiary/aromatic N) is 1. The van der Waals surface area contributed by atoms with E-state index in [2.05, 4.69) is 0 Å². The molecule has 0 saturated heterocycles. The van der Waals surface area contributed by atoms with E-state index in [1.807, 2.05) is 48.5 Å². The van der Waals surface area contributed by atoms with Gasteiger partial charge >= 0.3 is 6.18 Å². The first-order chi connectivity index (χ1) is 14.5. The van der Waals surface area contributed by atoms with Gasteiger partial charge in [0.2, 0.25) is 0 Å². The van der Waals surface area contributed by atoms with Crippen molar-refractivity contribution < 1.29 is 22.6 Å². The van der Waals surface area contributed by atoms with Gasteiger partial charge in [0.25, 0.3) is 0 Å². The molecule has 0 spiro atoms. The number of fused-ring (bicyclic) bond motifs is 5. The highest BCUT2D eigenvalue weighted by molar-refractivity contribution is 6.00. The molecular formula is C24H16F3NO2. The maximum atomic E-state index is 13.2. The zero-order valence-electron chi connectivity index (χ0n) is 16.0. The monoisotopic (exact) mass is 407 g/mol. The largest absolute Gasteiger partial charge is 0.497 e. The van der Waals surface area contributed by atoms with E-state index in [1.54, 1.807) is 7.11 Å². The Labute approximate surface area is 170 Å². The van der Waals surface area contributed by atoms with Crippen molar-refractivity contribution in [3.05, 3.63) is 77.9 Å². The van der Waals surface area contributed by atoms with Gasteiger partial charge in [-0.25, -0.2) is 4.98 Å². The fraction of sp³-hybridized carbons (Fsp3) is 0.125. The standard InChI is InChI=1S/C24H16F3NO2/c1-29-17-9-6-14(7-10-17)22-21-18-11-8-16(24(25,26)27)12-15(18)13-30-23(21)19-4-2-3-5-20(19)28-22/h2-12H,13H2,1H3. The summed E-state index contributed by atoms with van der Waals surface area (Å²) >= 11 is 0. The first-order valence-electron chi connectivity index (χ1n) is 9.36. The third-order valence-corrected chi connectivity index (χ3v) is 5.28. The van der Waals surface area contributed by atoms with Gasteiger partial charge in [-0.05, 0) is 59.7 Å². The minimum absolute atomic E-state index is 0.0717. The van der Waals surface area contributed by atoms with E-state index < -0.39 is 11.7 Å². The number of pyridine rings is 1. The van der Waals surface area contributed by atoms with Gasteiger partial charge in [0.1, 0.15) is 18.1 Å². The predicted molar refractivity (Wildman–Crippen MR) is 109 cm³/mol. The summed E-state index contributed by atoms with van der Waals surface area (Å²) in [4.78, 5) is 4.84. The molecule has 0 N–H and O–H groups in total. The molecule has 0 aliphatic carbocycles. The van der Waals surface area contributed by atoms with Crippen LogP contribution in [0.3, 0.4) is 0 Å². The molecule has 4 aromatic rings. The molecule has 0 atom stereocenters. The maximum absolute atomic E-state index is 13.2. The van der Waals surface area contributed by atoms with Crippen molar-refractivity contribution in [2.24, 2.45) is 0 Å². The fourth-order valence-corrected chi connectivity index (χ4v) is 3.82. The van der Waals surface area contributed by atoms with Gasteiger partial charge in [-0.3, -0.25) is 0 Å². The Hall–Kier alpha value is -3.54. The van der Waals surface area contributed by atoms with E-state index >= 15 is 0 Å². The lowest BCUT2D eigenvalue weighted by Crippen LogP contribution is -2.11. The quantitative estimate of drug-likeness (QED) is 0.381. The molecule has 0 radical (unpaired) electrons. The number of rotatable bonds is 2. The molecule has 30 heavy (non-hydrogen) atoms. The van der Waals surface area contributed by atoms with Crippen LogP contribution in [0.25, 0.3) is 33.3 Å². The third kappa shape index (κ3) is 2.96. The summed E-state index contributed by atoms with van der Waals surface area (Å²) in [5, 5.41) is 0.829. The Kier molecular flexibility index (Phi) is 4.17. The SMILES string of the molecule is COc1ccc(-c2nc3ccccc3c3c2-c2ccc(C(F)(F)F)cc2CO3)cc1. The number of para-hydroxylation sites is 1. The van der Waals surface area contributed by atoms with Crippen molar-refractivity contribution in [1.82, 2.24) is 4.98 Å². The van der Waals surface area contributed by atoms with Gasteiger partial charge in [-0.15, -0.1) is 0 Å². The van der Waals surface area contributed by atoms with Crippen LogP contribution in [0, 0.1) is 0 Å². The molecule has 0 fully saturated rings. The summed E-state index contributed by atoms with van der Waals surface area (Å²) in [7, 11) is 1.59. The molecule has 5 rings (SSSR count). The molecular weight excluding hydrogens is 391 g/mol. The van der Waals surface area contributed by atoms with Crippen molar-refractivity contribution >= 4 is 10.9 Å². The average Bonchev–Trinajstić information content (AvgIpc) is 2.77. The van der Waals surface area contributed by atoms with Gasteiger partial charge in [0.05, 0.1) is 29.4 Å². The molecule has 3 aromatic carbocycles. The van der Waals surface area contributed by atoms with Gasteiger partial charge in [0.15, 0.2) is 0 Å². The Morgan fingerprint density at radius 2 is 1.73 bits per heavy atom. The van der Waals surface area contributed by atoms with E-state index in [0.717, 1.165) is 28.6 Å². The van der Waals surface area contributed by atoms with Crippen molar-refractivity contribution in [3.63, 3.8) is 0 Å². The Bertz CT molecular complexity index is 1260. The summed E-state index contributed by atoms with van der Waals surface area (Å²) in [5.74, 6) is 1.35. The minimum atomic E-state index is -4.41. The van der Waals surface area contributed by atoms with Crippen LogP contribution in [0.15, 0.2) is 66.7 Å². The van der Waals surface area contributed by atoms with E-state index in [1.165, 1.54) is 6.07 Å². The van der Waals surface area contributed by atoms with Crippen molar-refractivity contribution in [1.29, 1.82) is 0 Å². The highest BCUT2D eigenvalue weighted by Gasteiger charge is 2.33. The molecule has 0 unspecified atom stereocenters. The number of hydrogen-bond donors (Lipinski definition) is 0. The summed E-state index contributed by atoms with van der Waals surface area (Å²) in [6.07, 6.45) is -4.41. The first-order valence-corrected chi connectivity index (χ1v) is 9.36. The van der Waals surface area contributed by atoms with E-state index in [4.69, 9.17) is 14.5 Å². The molecule has 1 aliphatic heterocycles. The van der Waals surface area contributed by atoms with Gasteiger partial charge < -0.3 is 9.47 Å². The molecule has 0 saturated carbocycles. The van der Waals surface area contributed by atoms with Crippen LogP contribution in [0.2, 0.25) is 0 Å². The fourth-order valence-electron chi connectivity index (χ4n) is 3.82. The van der Waals surface area contributed by atoms with Gasteiger partial charge in [-0.1, -0.05) is 18.2 Å². The topological polar surface area (TPSA) is 31.4 Å². The van der Waals surface area contributed by atoms with E-state index in [9.17, 15) is 13.2 Å². The second-order valence-electron chi connectivity index (χ2n) is 7.07. The molecule has 6 heteroatoms. The summed E-state index contributed by atoms with van der Waals surface area (Å²) < 4.78 is 50.9. The summed E-state index contributed by atoms with van der Waals surface area (Å²) in [6.45, 7) is 0.0717. The van der Waals surface area contributed by atoms with Crippen LogP contribution in [0.4, 0.5) is 13.2 Å². The molecule has 1 aromatic heterocycles. The first kappa shape index (κ1) is 18.5. The lowest BCUT2D eigenvalue weighted by atomic mass is 9.90. The average molecular weight is 407 g/mol. The second-order valence-corrected chi connectivity index (χ2v) is 7.07. The Balaban J connectivity index is 1.80. The highest BCUT2D eigenvalue weighted by atomic mass is 19.4. The highest BCUT2D eigenvalue weighted by Crippen LogP contribution is 2.47. The van der Waals surface area contributed by atoms with Crippen LogP contribution in [-0.4, -0.2) is 12.1 Å². The zero-order chi connectivity index (χ0) is 20.9. The zero-order valence-corrected chi connectivity index (χ0v) is 16.0. The number of alkyl halides is 3. The number of benzene rings is 3.